The van der Waals surface area contributed by atoms with Crippen LogP contribution in [0.5, 0.6) is 0 Å². The molecule has 0 atom stereocenters. The third kappa shape index (κ3) is 3.80. The van der Waals surface area contributed by atoms with Crippen molar-refractivity contribution in [3.05, 3.63) is 146 Å². The molecule has 0 aliphatic heterocycles. The van der Waals surface area contributed by atoms with E-state index >= 15 is 0 Å². The third-order valence-corrected chi connectivity index (χ3v) is 7.60. The number of fused-ring (bicyclic) bond motifs is 5. The Bertz CT molecular complexity index is 2170. The minimum Gasteiger partial charge on any atom is -0.288 e. The molecule has 8 aromatic rings. The maximum atomic E-state index is 5.25. The third-order valence-electron chi connectivity index (χ3n) is 7.60. The van der Waals surface area contributed by atoms with E-state index in [-0.39, 0.29) is 0 Å². The second-order valence-corrected chi connectivity index (χ2v) is 10.1. The molecule has 0 amide bonds. The first-order chi connectivity index (χ1) is 20.4. The summed E-state index contributed by atoms with van der Waals surface area (Å²) in [5, 5.41) is 2.22. The van der Waals surface area contributed by atoms with Crippen LogP contribution in [0.25, 0.3) is 72.6 Å². The summed E-state index contributed by atoms with van der Waals surface area (Å²) < 4.78 is 2.28. The van der Waals surface area contributed by atoms with E-state index in [2.05, 4.69) is 114 Å². The SMILES string of the molecule is c1ccc(-c2nc(-c3ccccc3)c3c(n2)nc2c4ccccc4c(-c4ccccc4)c(-c4ccccc4)n23)cc1. The number of aromatic nitrogens is 4. The molecule has 3 heterocycles. The van der Waals surface area contributed by atoms with Gasteiger partial charge in [-0.3, -0.25) is 4.40 Å². The summed E-state index contributed by atoms with van der Waals surface area (Å²) >= 11 is 0. The zero-order valence-electron chi connectivity index (χ0n) is 22.1. The lowest BCUT2D eigenvalue weighted by molar-refractivity contribution is 1.19. The minimum absolute atomic E-state index is 0.661. The van der Waals surface area contributed by atoms with E-state index in [0.717, 1.165) is 61.1 Å². The Morgan fingerprint density at radius 1 is 0.415 bits per heavy atom. The van der Waals surface area contributed by atoms with Crippen LogP contribution in [-0.4, -0.2) is 19.4 Å². The van der Waals surface area contributed by atoms with Crippen molar-refractivity contribution in [2.24, 2.45) is 0 Å². The van der Waals surface area contributed by atoms with Gasteiger partial charge in [0.15, 0.2) is 11.5 Å². The van der Waals surface area contributed by atoms with Crippen LogP contribution < -0.4 is 0 Å². The standard InChI is InChI=1S/C37H24N4/c1-5-15-25(16-6-1)31-29-23-13-14-24-30(29)37-40-36-34(41(37)33(31)27-19-9-3-10-20-27)32(26-17-7-2-8-18-26)38-35(39-36)28-21-11-4-12-22-28/h1-24H. The van der Waals surface area contributed by atoms with Crippen molar-refractivity contribution < 1.29 is 0 Å². The smallest absolute Gasteiger partial charge is 0.183 e. The maximum absolute atomic E-state index is 5.25. The molecule has 0 saturated heterocycles. The molecule has 8 rings (SSSR count). The van der Waals surface area contributed by atoms with Crippen LogP contribution in [0.4, 0.5) is 0 Å². The summed E-state index contributed by atoms with van der Waals surface area (Å²) in [6.07, 6.45) is 0. The largest absolute Gasteiger partial charge is 0.288 e. The van der Waals surface area contributed by atoms with Gasteiger partial charge in [-0.05, 0) is 16.5 Å². The summed E-state index contributed by atoms with van der Waals surface area (Å²) in [6, 6.07) is 50.2. The van der Waals surface area contributed by atoms with Gasteiger partial charge in [0.05, 0.1) is 5.69 Å². The predicted molar refractivity (Wildman–Crippen MR) is 168 cm³/mol. The maximum Gasteiger partial charge on any atom is 0.183 e. The fourth-order valence-electron chi connectivity index (χ4n) is 5.80. The van der Waals surface area contributed by atoms with Crippen molar-refractivity contribution in [1.82, 2.24) is 19.4 Å². The van der Waals surface area contributed by atoms with Gasteiger partial charge in [-0.25, -0.2) is 15.0 Å². The molecule has 3 aromatic heterocycles. The number of rotatable bonds is 4. The van der Waals surface area contributed by atoms with Gasteiger partial charge in [0.25, 0.3) is 0 Å². The molecule has 4 nitrogen and oxygen atoms in total. The molecule has 0 aliphatic rings. The van der Waals surface area contributed by atoms with E-state index in [1.807, 2.05) is 36.4 Å². The number of pyridine rings is 1. The van der Waals surface area contributed by atoms with Crippen molar-refractivity contribution in [3.8, 4) is 45.0 Å². The topological polar surface area (TPSA) is 43.1 Å². The van der Waals surface area contributed by atoms with Crippen LogP contribution in [0.2, 0.25) is 0 Å². The molecule has 0 aliphatic carbocycles. The minimum atomic E-state index is 0.661. The van der Waals surface area contributed by atoms with Gasteiger partial charge in [-0.2, -0.15) is 0 Å². The Morgan fingerprint density at radius 2 is 0.927 bits per heavy atom. The zero-order valence-corrected chi connectivity index (χ0v) is 22.1. The summed E-state index contributed by atoms with van der Waals surface area (Å²) in [7, 11) is 0. The lowest BCUT2D eigenvalue weighted by Gasteiger charge is -2.18. The number of hydrogen-bond donors (Lipinski definition) is 0. The van der Waals surface area contributed by atoms with Crippen molar-refractivity contribution >= 4 is 27.6 Å². The molecule has 192 valence electrons. The Hall–Kier alpha value is -5.61. The molecule has 0 N–H and O–H groups in total. The van der Waals surface area contributed by atoms with Gasteiger partial charge >= 0.3 is 0 Å². The van der Waals surface area contributed by atoms with E-state index in [9.17, 15) is 0 Å². The van der Waals surface area contributed by atoms with Gasteiger partial charge in [-0.1, -0.05) is 146 Å². The first-order valence-electron chi connectivity index (χ1n) is 13.7. The van der Waals surface area contributed by atoms with E-state index in [4.69, 9.17) is 15.0 Å². The Labute approximate surface area is 237 Å². The normalized spacial score (nSPS) is 11.4. The Morgan fingerprint density at radius 3 is 1.56 bits per heavy atom. The molecule has 5 aromatic carbocycles. The first-order valence-corrected chi connectivity index (χ1v) is 13.7. The molecule has 0 fully saturated rings. The van der Waals surface area contributed by atoms with Gasteiger partial charge < -0.3 is 0 Å². The van der Waals surface area contributed by atoms with E-state index < -0.39 is 0 Å². The van der Waals surface area contributed by atoms with Crippen LogP contribution in [0.15, 0.2) is 146 Å². The molecule has 0 spiro atoms. The molecular formula is C37H24N4. The lowest BCUT2D eigenvalue weighted by atomic mass is 9.93. The fourth-order valence-corrected chi connectivity index (χ4v) is 5.80. The first kappa shape index (κ1) is 23.3. The second-order valence-electron chi connectivity index (χ2n) is 10.1. The Balaban J connectivity index is 1.63. The quantitative estimate of drug-likeness (QED) is 0.231. The van der Waals surface area contributed by atoms with Gasteiger partial charge in [0.1, 0.15) is 16.9 Å². The monoisotopic (exact) mass is 524 g/mol. The number of nitrogens with zero attached hydrogens (tertiary/aromatic N) is 4. The predicted octanol–water partition coefficient (Wildman–Crippen LogP) is 9.10. The molecule has 0 bridgehead atoms. The van der Waals surface area contributed by atoms with Crippen molar-refractivity contribution in [3.63, 3.8) is 0 Å². The number of benzene rings is 5. The average Bonchev–Trinajstić information content (AvgIpc) is 3.45. The highest BCUT2D eigenvalue weighted by molar-refractivity contribution is 6.11. The highest BCUT2D eigenvalue weighted by atomic mass is 15.1. The summed E-state index contributed by atoms with van der Waals surface area (Å²) in [6.45, 7) is 0. The molecule has 4 heteroatoms. The van der Waals surface area contributed by atoms with Crippen molar-refractivity contribution in [2.45, 2.75) is 0 Å². The molecule has 0 unspecified atom stereocenters. The van der Waals surface area contributed by atoms with Crippen LogP contribution in [0, 0.1) is 0 Å². The molecule has 0 saturated carbocycles. The van der Waals surface area contributed by atoms with E-state index in [1.165, 1.54) is 0 Å². The van der Waals surface area contributed by atoms with Crippen LogP contribution in [-0.2, 0) is 0 Å². The van der Waals surface area contributed by atoms with Gasteiger partial charge in [-0.15, -0.1) is 0 Å². The van der Waals surface area contributed by atoms with E-state index in [0.29, 0.717) is 11.5 Å². The van der Waals surface area contributed by atoms with E-state index in [1.54, 1.807) is 0 Å². The van der Waals surface area contributed by atoms with Crippen molar-refractivity contribution in [1.29, 1.82) is 0 Å². The average molecular weight is 525 g/mol. The summed E-state index contributed by atoms with van der Waals surface area (Å²) in [5.74, 6) is 0.661. The van der Waals surface area contributed by atoms with Crippen LogP contribution in [0.1, 0.15) is 0 Å². The highest BCUT2D eigenvalue weighted by Gasteiger charge is 2.24. The van der Waals surface area contributed by atoms with Gasteiger partial charge in [0.2, 0.25) is 0 Å². The van der Waals surface area contributed by atoms with Crippen LogP contribution >= 0.6 is 0 Å². The molecular weight excluding hydrogens is 500 g/mol. The van der Waals surface area contributed by atoms with Crippen molar-refractivity contribution in [2.75, 3.05) is 0 Å². The molecule has 0 radical (unpaired) electrons. The lowest BCUT2D eigenvalue weighted by Crippen LogP contribution is -2.01. The number of imidazole rings is 1. The fraction of sp³-hybridized carbons (Fsp3) is 0. The molecule has 41 heavy (non-hydrogen) atoms. The zero-order chi connectivity index (χ0) is 27.2. The second kappa shape index (κ2) is 9.54. The highest BCUT2D eigenvalue weighted by Crippen LogP contribution is 2.43. The Kier molecular flexibility index (Phi) is 5.42. The number of hydrogen-bond acceptors (Lipinski definition) is 3. The summed E-state index contributed by atoms with van der Waals surface area (Å²) in [4.78, 5) is 15.5. The summed E-state index contributed by atoms with van der Waals surface area (Å²) in [5.41, 5.74) is 9.75. The van der Waals surface area contributed by atoms with Gasteiger partial charge in [0, 0.05) is 22.1 Å². The van der Waals surface area contributed by atoms with Crippen LogP contribution in [0.3, 0.4) is 0 Å².